The molecular formula is C23H21NO5. The highest BCUT2D eigenvalue weighted by Crippen LogP contribution is 2.24. The van der Waals surface area contributed by atoms with Crippen LogP contribution in [0.2, 0.25) is 0 Å². The van der Waals surface area contributed by atoms with E-state index in [1.54, 1.807) is 74.5 Å². The summed E-state index contributed by atoms with van der Waals surface area (Å²) in [7, 11) is 0. The van der Waals surface area contributed by atoms with Crippen LogP contribution < -0.4 is 5.32 Å². The number of benzene rings is 2. The second kappa shape index (κ2) is 8.56. The Kier molecular flexibility index (Phi) is 5.93. The van der Waals surface area contributed by atoms with Crippen LogP contribution in [0.25, 0.3) is 0 Å². The van der Waals surface area contributed by atoms with E-state index in [-0.39, 0.29) is 11.3 Å². The van der Waals surface area contributed by atoms with Gasteiger partial charge in [0.1, 0.15) is 17.1 Å². The number of ketones is 1. The van der Waals surface area contributed by atoms with E-state index < -0.39 is 18.0 Å². The highest BCUT2D eigenvalue weighted by Gasteiger charge is 2.27. The van der Waals surface area contributed by atoms with Crippen molar-refractivity contribution in [3.8, 4) is 0 Å². The Morgan fingerprint density at radius 1 is 0.966 bits per heavy atom. The molecule has 148 valence electrons. The predicted molar refractivity (Wildman–Crippen MR) is 108 cm³/mol. The predicted octanol–water partition coefficient (Wildman–Crippen LogP) is 4.64. The Morgan fingerprint density at radius 3 is 2.31 bits per heavy atom. The van der Waals surface area contributed by atoms with Gasteiger partial charge in [-0.25, -0.2) is 4.79 Å². The third-order valence-electron chi connectivity index (χ3n) is 4.36. The maximum Gasteiger partial charge on any atom is 0.342 e. The highest BCUT2D eigenvalue weighted by molar-refractivity contribution is 6.00. The second-order valence-electron chi connectivity index (χ2n) is 6.65. The van der Waals surface area contributed by atoms with Gasteiger partial charge in [-0.05, 0) is 39.0 Å². The number of ether oxygens (including phenoxy) is 1. The Balaban J connectivity index is 1.86. The van der Waals surface area contributed by atoms with Gasteiger partial charge in [0.15, 0.2) is 5.78 Å². The third-order valence-corrected chi connectivity index (χ3v) is 4.36. The minimum Gasteiger partial charge on any atom is -0.466 e. The van der Waals surface area contributed by atoms with Gasteiger partial charge >= 0.3 is 5.97 Å². The number of Topliss-reactive ketones (excluding diaryl/α,β-unsaturated/α-hetero) is 1. The fraction of sp³-hybridized carbons (Fsp3) is 0.174. The normalized spacial score (nSPS) is 11.6. The average Bonchev–Trinajstić information content (AvgIpc) is 3.05. The molecule has 0 saturated carbocycles. The number of anilines is 1. The monoisotopic (exact) mass is 391 g/mol. The number of nitrogens with one attached hydrogen (secondary N) is 1. The van der Waals surface area contributed by atoms with E-state index in [1.807, 2.05) is 0 Å². The van der Waals surface area contributed by atoms with Crippen LogP contribution in [-0.2, 0) is 9.53 Å². The van der Waals surface area contributed by atoms with Crippen LogP contribution in [0, 0.1) is 13.8 Å². The van der Waals surface area contributed by atoms with Gasteiger partial charge in [-0.3, -0.25) is 9.59 Å². The van der Waals surface area contributed by atoms with Crippen LogP contribution in [0.1, 0.15) is 50.8 Å². The molecule has 0 saturated heterocycles. The standard InChI is InChI=1S/C23H21NO5/c1-14-12-20(16(3)28-14)23(27)29-21(17-8-5-4-6-9-17)22(26)24-19-11-7-10-18(13-19)15(2)25/h4-13,21H,1-3H3,(H,24,26)/t21-/m0/s1. The summed E-state index contributed by atoms with van der Waals surface area (Å²) in [5.41, 5.74) is 1.71. The zero-order chi connectivity index (χ0) is 21.0. The molecule has 0 aliphatic rings. The number of rotatable bonds is 6. The minimum atomic E-state index is -1.17. The van der Waals surface area contributed by atoms with Gasteiger partial charge in [-0.1, -0.05) is 42.5 Å². The van der Waals surface area contributed by atoms with Crippen molar-refractivity contribution in [1.82, 2.24) is 0 Å². The fourth-order valence-corrected chi connectivity index (χ4v) is 2.93. The van der Waals surface area contributed by atoms with Crippen LogP contribution in [0.5, 0.6) is 0 Å². The molecule has 3 aromatic rings. The van der Waals surface area contributed by atoms with E-state index in [4.69, 9.17) is 9.15 Å². The summed E-state index contributed by atoms with van der Waals surface area (Å²) in [5.74, 6) is -0.285. The smallest absolute Gasteiger partial charge is 0.342 e. The van der Waals surface area contributed by atoms with Gasteiger partial charge in [-0.15, -0.1) is 0 Å². The van der Waals surface area contributed by atoms with E-state index >= 15 is 0 Å². The summed E-state index contributed by atoms with van der Waals surface area (Å²) in [5, 5.41) is 2.72. The molecule has 1 amide bonds. The largest absolute Gasteiger partial charge is 0.466 e. The quantitative estimate of drug-likeness (QED) is 0.489. The zero-order valence-corrected chi connectivity index (χ0v) is 16.4. The molecule has 6 nitrogen and oxygen atoms in total. The molecule has 6 heteroatoms. The van der Waals surface area contributed by atoms with Crippen molar-refractivity contribution in [2.45, 2.75) is 26.9 Å². The van der Waals surface area contributed by atoms with E-state index in [9.17, 15) is 14.4 Å². The molecule has 1 aromatic heterocycles. The molecule has 0 bridgehead atoms. The van der Waals surface area contributed by atoms with Gasteiger partial charge in [0, 0.05) is 16.8 Å². The van der Waals surface area contributed by atoms with Gasteiger partial charge in [-0.2, -0.15) is 0 Å². The molecule has 0 spiro atoms. The molecule has 0 radical (unpaired) electrons. The molecule has 0 aliphatic heterocycles. The number of amides is 1. The maximum atomic E-state index is 13.0. The molecular weight excluding hydrogens is 370 g/mol. The summed E-state index contributed by atoms with van der Waals surface area (Å²) < 4.78 is 10.9. The van der Waals surface area contributed by atoms with E-state index in [0.29, 0.717) is 28.3 Å². The van der Waals surface area contributed by atoms with Crippen molar-refractivity contribution in [3.63, 3.8) is 0 Å². The van der Waals surface area contributed by atoms with Gasteiger partial charge < -0.3 is 14.5 Å². The maximum absolute atomic E-state index is 13.0. The lowest BCUT2D eigenvalue weighted by molar-refractivity contribution is -0.125. The first-order valence-corrected chi connectivity index (χ1v) is 9.10. The van der Waals surface area contributed by atoms with Crippen LogP contribution in [-0.4, -0.2) is 17.7 Å². The first-order valence-electron chi connectivity index (χ1n) is 9.10. The second-order valence-corrected chi connectivity index (χ2v) is 6.65. The molecule has 3 rings (SSSR count). The summed E-state index contributed by atoms with van der Waals surface area (Å²) >= 11 is 0. The molecule has 0 unspecified atom stereocenters. The van der Waals surface area contributed by atoms with Crippen molar-refractivity contribution in [2.75, 3.05) is 5.32 Å². The number of carbonyl (C=O) groups is 3. The number of hydrogen-bond acceptors (Lipinski definition) is 5. The summed E-state index contributed by atoms with van der Waals surface area (Å²) in [4.78, 5) is 37.2. The lowest BCUT2D eigenvalue weighted by Crippen LogP contribution is -2.26. The Hall–Kier alpha value is -3.67. The highest BCUT2D eigenvalue weighted by atomic mass is 16.5. The van der Waals surface area contributed by atoms with Gasteiger partial charge in [0.2, 0.25) is 6.10 Å². The van der Waals surface area contributed by atoms with Crippen LogP contribution in [0.15, 0.2) is 65.1 Å². The first kappa shape index (κ1) is 20.1. The lowest BCUT2D eigenvalue weighted by Gasteiger charge is -2.18. The number of furan rings is 1. The Bertz CT molecular complexity index is 1050. The topological polar surface area (TPSA) is 85.6 Å². The summed E-state index contributed by atoms with van der Waals surface area (Å²) in [6, 6.07) is 16.9. The lowest BCUT2D eigenvalue weighted by atomic mass is 10.1. The van der Waals surface area contributed by atoms with Crippen LogP contribution >= 0.6 is 0 Å². The number of aryl methyl sites for hydroxylation is 2. The average molecular weight is 391 g/mol. The van der Waals surface area contributed by atoms with Crippen molar-refractivity contribution >= 4 is 23.3 Å². The van der Waals surface area contributed by atoms with Crippen molar-refractivity contribution in [3.05, 3.63) is 88.9 Å². The molecule has 29 heavy (non-hydrogen) atoms. The van der Waals surface area contributed by atoms with Crippen molar-refractivity contribution in [1.29, 1.82) is 0 Å². The summed E-state index contributed by atoms with van der Waals surface area (Å²) in [6.07, 6.45) is -1.17. The first-order chi connectivity index (χ1) is 13.8. The van der Waals surface area contributed by atoms with Crippen molar-refractivity contribution in [2.24, 2.45) is 0 Å². The van der Waals surface area contributed by atoms with E-state index in [2.05, 4.69) is 5.32 Å². The van der Waals surface area contributed by atoms with E-state index in [1.165, 1.54) is 6.92 Å². The molecule has 1 atom stereocenters. The van der Waals surface area contributed by atoms with Gasteiger partial charge in [0.05, 0.1) is 0 Å². The molecule has 2 aromatic carbocycles. The molecule has 0 aliphatic carbocycles. The zero-order valence-electron chi connectivity index (χ0n) is 16.4. The van der Waals surface area contributed by atoms with Crippen LogP contribution in [0.3, 0.4) is 0 Å². The molecule has 1 N–H and O–H groups in total. The Labute approximate surface area is 168 Å². The number of esters is 1. The Morgan fingerprint density at radius 2 is 1.69 bits per heavy atom. The van der Waals surface area contributed by atoms with E-state index in [0.717, 1.165) is 0 Å². The fourth-order valence-electron chi connectivity index (χ4n) is 2.93. The molecule has 1 heterocycles. The van der Waals surface area contributed by atoms with Crippen LogP contribution in [0.4, 0.5) is 5.69 Å². The summed E-state index contributed by atoms with van der Waals surface area (Å²) in [6.45, 7) is 4.84. The van der Waals surface area contributed by atoms with Crippen molar-refractivity contribution < 1.29 is 23.5 Å². The SMILES string of the molecule is CC(=O)c1cccc(NC(=O)[C@@H](OC(=O)c2cc(C)oc2C)c2ccccc2)c1. The third kappa shape index (κ3) is 4.79. The number of carbonyl (C=O) groups excluding carboxylic acids is 3. The number of hydrogen-bond donors (Lipinski definition) is 1. The van der Waals surface area contributed by atoms with Gasteiger partial charge in [0.25, 0.3) is 5.91 Å². The minimum absolute atomic E-state index is 0.113. The molecule has 0 fully saturated rings.